The van der Waals surface area contributed by atoms with E-state index in [4.69, 9.17) is 24.6 Å². The topological polar surface area (TPSA) is 132 Å². The molecule has 49 heavy (non-hydrogen) atoms. The van der Waals surface area contributed by atoms with Crippen LogP contribution in [0.2, 0.25) is 5.04 Å². The third kappa shape index (κ3) is 6.85. The number of benzene rings is 2. The number of hydrogen-bond donors (Lipinski definition) is 2. The molecule has 2 aliphatic rings. The lowest BCUT2D eigenvalue weighted by atomic mass is 10.1. The van der Waals surface area contributed by atoms with E-state index < -0.39 is 44.7 Å². The van der Waals surface area contributed by atoms with E-state index in [2.05, 4.69) is 60.0 Å². The number of halogens is 3. The van der Waals surface area contributed by atoms with E-state index in [0.717, 1.165) is 16.6 Å². The lowest BCUT2D eigenvalue weighted by Crippen LogP contribution is -2.67. The number of nitrogens with zero attached hydrogens (tertiary/aromatic N) is 6. The van der Waals surface area contributed by atoms with Crippen molar-refractivity contribution in [2.75, 3.05) is 48.4 Å². The Morgan fingerprint density at radius 1 is 0.959 bits per heavy atom. The minimum Gasteiger partial charge on any atom is -0.405 e. The van der Waals surface area contributed by atoms with Gasteiger partial charge in [0.2, 0.25) is 18.3 Å². The molecule has 2 aromatic heterocycles. The van der Waals surface area contributed by atoms with E-state index in [0.29, 0.717) is 26.3 Å². The van der Waals surface area contributed by atoms with Crippen LogP contribution in [0.15, 0.2) is 72.9 Å². The zero-order valence-corrected chi connectivity index (χ0v) is 28.8. The molecule has 11 nitrogen and oxygen atoms in total. The molecule has 2 saturated heterocycles. The van der Waals surface area contributed by atoms with E-state index in [-0.39, 0.29) is 34.7 Å². The number of ether oxygens (including phenoxy) is 2. The van der Waals surface area contributed by atoms with Gasteiger partial charge in [0.05, 0.1) is 37.7 Å². The average molecular weight is 696 g/mol. The van der Waals surface area contributed by atoms with E-state index in [1.54, 1.807) is 4.90 Å². The molecule has 2 aliphatic heterocycles. The van der Waals surface area contributed by atoms with Crippen molar-refractivity contribution in [1.29, 1.82) is 0 Å². The van der Waals surface area contributed by atoms with Crippen LogP contribution < -0.4 is 25.9 Å². The van der Waals surface area contributed by atoms with Gasteiger partial charge in [0.25, 0.3) is 8.32 Å². The third-order valence-electron chi connectivity index (χ3n) is 8.97. The van der Waals surface area contributed by atoms with Crippen molar-refractivity contribution in [3.05, 3.63) is 78.6 Å². The second kappa shape index (κ2) is 13.6. The lowest BCUT2D eigenvalue weighted by molar-refractivity contribution is -0.140. The summed E-state index contributed by atoms with van der Waals surface area (Å²) in [5.41, 5.74) is 3.88. The fourth-order valence-electron chi connectivity index (χ4n) is 6.61. The van der Waals surface area contributed by atoms with Crippen LogP contribution in [0.3, 0.4) is 0 Å². The highest BCUT2D eigenvalue weighted by Crippen LogP contribution is 2.40. The monoisotopic (exact) mass is 695 g/mol. The number of aliphatic hydroxyl groups is 1. The molecule has 4 aromatic rings. The predicted octanol–water partition coefficient (Wildman–Crippen LogP) is 3.82. The van der Waals surface area contributed by atoms with Gasteiger partial charge in [-0.2, -0.15) is 18.2 Å². The van der Waals surface area contributed by atoms with Crippen molar-refractivity contribution >= 4 is 36.4 Å². The van der Waals surface area contributed by atoms with Crippen molar-refractivity contribution < 1.29 is 32.2 Å². The summed E-state index contributed by atoms with van der Waals surface area (Å²) in [7, 11) is -3.01. The summed E-state index contributed by atoms with van der Waals surface area (Å²) in [6.07, 6.45) is -5.84. The maximum absolute atomic E-state index is 14.2. The number of aliphatic hydroxyl groups excluding tert-OH is 1. The highest BCUT2D eigenvalue weighted by atomic mass is 28.4. The molecule has 2 aromatic carbocycles. The number of nitrogens with two attached hydrogens (primary N) is 1. The molecule has 0 amide bonds. The van der Waals surface area contributed by atoms with Gasteiger partial charge >= 0.3 is 6.18 Å². The van der Waals surface area contributed by atoms with Crippen LogP contribution >= 0.6 is 0 Å². The maximum atomic E-state index is 14.2. The third-order valence-corrected chi connectivity index (χ3v) is 14.0. The first-order chi connectivity index (χ1) is 23.3. The first kappa shape index (κ1) is 34.7. The van der Waals surface area contributed by atoms with Gasteiger partial charge in [0.1, 0.15) is 5.82 Å². The Bertz CT molecular complexity index is 1700. The Hall–Kier alpha value is -4.15. The van der Waals surface area contributed by atoms with Crippen LogP contribution in [0, 0.1) is 0 Å². The fraction of sp³-hybridized carbons (Fsp3) is 0.412. The highest BCUT2D eigenvalue weighted by molar-refractivity contribution is 6.99. The van der Waals surface area contributed by atoms with Crippen molar-refractivity contribution in [2.45, 2.75) is 57.5 Å². The molecular formula is C34H40F3N7O4Si. The van der Waals surface area contributed by atoms with Gasteiger partial charge in [-0.05, 0) is 22.3 Å². The smallest absolute Gasteiger partial charge is 0.405 e. The second-order valence-corrected chi connectivity index (χ2v) is 17.4. The molecule has 0 spiro atoms. The van der Waals surface area contributed by atoms with Crippen molar-refractivity contribution in [2.24, 2.45) is 0 Å². The zero-order chi connectivity index (χ0) is 35.0. The molecule has 0 aliphatic carbocycles. The molecule has 260 valence electrons. The number of aromatic nitrogens is 4. The quantitative estimate of drug-likeness (QED) is 0.261. The van der Waals surface area contributed by atoms with E-state index >= 15 is 0 Å². The largest absolute Gasteiger partial charge is 0.434 e. The van der Waals surface area contributed by atoms with Crippen LogP contribution in [0.25, 0.3) is 11.3 Å². The average Bonchev–Trinajstić information content (AvgIpc) is 3.37. The SMILES string of the molecule is CC1OC(O)N(c2cc(-c3cnc(N)nc3C(F)(F)F)nc(N3CCOCC3)n2)C1CO[Si](c1ccccc1)(c1ccccc1)C(C)(C)C. The molecule has 2 fully saturated rings. The number of morpholine rings is 1. The zero-order valence-electron chi connectivity index (χ0n) is 27.8. The molecule has 4 heterocycles. The Morgan fingerprint density at radius 3 is 2.14 bits per heavy atom. The molecule has 3 unspecified atom stereocenters. The summed E-state index contributed by atoms with van der Waals surface area (Å²) in [5.74, 6) is -0.194. The van der Waals surface area contributed by atoms with Crippen molar-refractivity contribution in [1.82, 2.24) is 19.9 Å². The summed E-state index contributed by atoms with van der Waals surface area (Å²) in [5, 5.41) is 13.2. The lowest BCUT2D eigenvalue weighted by Gasteiger charge is -2.44. The van der Waals surface area contributed by atoms with Gasteiger partial charge in [0.15, 0.2) is 5.69 Å². The Kier molecular flexibility index (Phi) is 9.65. The molecule has 15 heteroatoms. The molecule has 3 N–H and O–H groups in total. The van der Waals surface area contributed by atoms with Crippen molar-refractivity contribution in [3.63, 3.8) is 0 Å². The van der Waals surface area contributed by atoms with Gasteiger partial charge < -0.3 is 29.6 Å². The highest BCUT2D eigenvalue weighted by Gasteiger charge is 2.52. The normalized spacial score (nSPS) is 20.5. The first-order valence-electron chi connectivity index (χ1n) is 16.1. The van der Waals surface area contributed by atoms with Gasteiger partial charge in [0, 0.05) is 30.9 Å². The number of anilines is 3. The maximum Gasteiger partial charge on any atom is 0.434 e. The summed E-state index contributed by atoms with van der Waals surface area (Å²) < 4.78 is 61.3. The van der Waals surface area contributed by atoms with E-state index in [1.807, 2.05) is 48.2 Å². The standard InChI is InChI=1S/C34H40F3N7O4Si/c1-22-27(21-47-49(33(2,3)4,23-11-7-5-8-12-23)24-13-9-6-10-14-24)44(32(45)48-22)28-19-26(40-31(41-28)43-15-17-46-18-16-43)25-20-39-30(38)42-29(25)34(35,36)37/h5-14,19-20,22,27,32,45H,15-18,21H2,1-4H3,(H2,38,39,42). The first-order valence-corrected chi connectivity index (χ1v) is 18.0. The summed E-state index contributed by atoms with van der Waals surface area (Å²) >= 11 is 0. The molecule has 0 bridgehead atoms. The van der Waals surface area contributed by atoms with E-state index in [1.165, 1.54) is 6.07 Å². The molecular weight excluding hydrogens is 655 g/mol. The molecule has 0 radical (unpaired) electrons. The van der Waals surface area contributed by atoms with Crippen LogP contribution in [-0.4, -0.2) is 84.8 Å². The van der Waals surface area contributed by atoms with Crippen LogP contribution in [0.1, 0.15) is 33.4 Å². The Morgan fingerprint density at radius 2 is 1.57 bits per heavy atom. The van der Waals surface area contributed by atoms with E-state index in [9.17, 15) is 18.3 Å². The Balaban J connectivity index is 1.45. The van der Waals surface area contributed by atoms with Gasteiger partial charge in [-0.3, -0.25) is 4.90 Å². The molecule has 0 saturated carbocycles. The fourth-order valence-corrected chi connectivity index (χ4v) is 11.2. The minimum atomic E-state index is -4.84. The summed E-state index contributed by atoms with van der Waals surface area (Å²) in [4.78, 5) is 20.0. The summed E-state index contributed by atoms with van der Waals surface area (Å²) in [6, 6.07) is 21.1. The van der Waals surface area contributed by atoms with Crippen molar-refractivity contribution in [3.8, 4) is 11.3 Å². The molecule has 6 rings (SSSR count). The Labute approximate surface area is 284 Å². The predicted molar refractivity (Wildman–Crippen MR) is 182 cm³/mol. The molecule has 3 atom stereocenters. The van der Waals surface area contributed by atoms with Gasteiger partial charge in [-0.25, -0.2) is 15.0 Å². The van der Waals surface area contributed by atoms with Crippen LogP contribution in [0.4, 0.5) is 30.9 Å². The number of nitrogen functional groups attached to an aromatic ring is 1. The minimum absolute atomic E-state index is 0.0859. The second-order valence-electron chi connectivity index (χ2n) is 13.1. The van der Waals surface area contributed by atoms with Crippen LogP contribution in [-0.2, 0) is 20.1 Å². The van der Waals surface area contributed by atoms with Gasteiger partial charge in [-0.1, -0.05) is 81.4 Å². The number of hydrogen-bond acceptors (Lipinski definition) is 11. The van der Waals surface area contributed by atoms with Crippen LogP contribution in [0.5, 0.6) is 0 Å². The number of rotatable bonds is 8. The van der Waals surface area contributed by atoms with Gasteiger partial charge in [-0.15, -0.1) is 0 Å². The summed E-state index contributed by atoms with van der Waals surface area (Å²) in [6.45, 7) is 10.1. The number of alkyl halides is 3.